The maximum Gasteiger partial charge on any atom is 0.490 e. The Labute approximate surface area is 234 Å². The highest BCUT2D eigenvalue weighted by Crippen LogP contribution is 2.48. The zero-order chi connectivity index (χ0) is 29.9. The minimum absolute atomic E-state index is 0.241. The molecule has 2 aliphatic rings. The number of fused-ring (bicyclic) bond motifs is 3. The Balaban J connectivity index is 0.000000431. The lowest BCUT2D eigenvalue weighted by Gasteiger charge is -2.26. The molecule has 0 amide bonds. The largest absolute Gasteiger partial charge is 0.490 e. The number of aliphatic hydroxyl groups excluding tert-OH is 1. The Hall–Kier alpha value is -3.92. The van der Waals surface area contributed by atoms with Gasteiger partial charge in [0.05, 0.1) is 15.9 Å². The second-order valence-corrected chi connectivity index (χ2v) is 10.2. The predicted molar refractivity (Wildman–Crippen MR) is 140 cm³/mol. The Kier molecular flexibility index (Phi) is 7.09. The summed E-state index contributed by atoms with van der Waals surface area (Å²) in [5, 5.41) is 31.6. The SMILES string of the molecule is Cc1cn([C@@H]2O[C@@H]3[C@@H](Oc4ccc5cc(Cl)c(N)nc5c4)CC[C@]3(O)[C@H]2O)c2ncnc(N)c12.O=C(O)C(F)(F)F. The number of aliphatic hydroxyl groups is 2. The van der Waals surface area contributed by atoms with Gasteiger partial charge in [-0.25, -0.2) is 19.7 Å². The second-order valence-electron chi connectivity index (χ2n) is 9.77. The topological polar surface area (TPSA) is 192 Å². The third-order valence-corrected chi connectivity index (χ3v) is 7.43. The number of pyridine rings is 1. The number of benzene rings is 1. The number of nitrogen functional groups attached to an aromatic ring is 2. The van der Waals surface area contributed by atoms with Crippen LogP contribution in [0.2, 0.25) is 5.02 Å². The highest BCUT2D eigenvalue weighted by Gasteiger charge is 2.63. The third kappa shape index (κ3) is 5.05. The first kappa shape index (κ1) is 28.6. The van der Waals surface area contributed by atoms with Gasteiger partial charge in [-0.05, 0) is 43.5 Å². The van der Waals surface area contributed by atoms with E-state index < -0.39 is 42.3 Å². The highest BCUT2D eigenvalue weighted by atomic mass is 35.5. The minimum Gasteiger partial charge on any atom is -0.488 e. The molecule has 1 aliphatic carbocycles. The number of aliphatic carboxylic acids is 1. The molecule has 4 aromatic rings. The van der Waals surface area contributed by atoms with Crippen molar-refractivity contribution in [3.05, 3.63) is 47.4 Å². The molecule has 218 valence electrons. The van der Waals surface area contributed by atoms with Crippen molar-refractivity contribution in [2.75, 3.05) is 11.5 Å². The standard InChI is InChI=1S/C23H23ClN6O4.C2HF3O2/c1-10-8-30(21-16(10)20(26)27-9-28-21)22-17(31)23(32)5-4-15(18(23)34-22)33-12-3-2-11-6-13(24)19(25)29-14(11)7-12;3-2(4,5)1(6)7/h2-3,6-9,15,17-18,22,31-32H,4-5H2,1H3,(H2,25,29)(H2,26,27,28);(H,6,7)/t15-,17-,18+,22+,23-;/m0./s1. The Morgan fingerprint density at radius 1 is 1.24 bits per heavy atom. The first-order valence-corrected chi connectivity index (χ1v) is 12.5. The minimum atomic E-state index is -5.08. The quantitative estimate of drug-likeness (QED) is 0.233. The number of aryl methyl sites for hydroxylation is 1. The fourth-order valence-electron chi connectivity index (χ4n) is 5.20. The molecule has 0 bridgehead atoms. The zero-order valence-corrected chi connectivity index (χ0v) is 22.0. The van der Waals surface area contributed by atoms with Crippen molar-refractivity contribution in [3.8, 4) is 5.75 Å². The zero-order valence-electron chi connectivity index (χ0n) is 21.2. The third-order valence-electron chi connectivity index (χ3n) is 7.13. The van der Waals surface area contributed by atoms with Gasteiger partial charge < -0.3 is 40.8 Å². The van der Waals surface area contributed by atoms with E-state index in [1.165, 1.54) is 6.33 Å². The molecule has 1 aliphatic heterocycles. The van der Waals surface area contributed by atoms with E-state index in [1.54, 1.807) is 29.0 Å². The van der Waals surface area contributed by atoms with E-state index >= 15 is 0 Å². The molecular formula is C25H24ClF3N6O6. The highest BCUT2D eigenvalue weighted by molar-refractivity contribution is 6.33. The van der Waals surface area contributed by atoms with Crippen molar-refractivity contribution in [3.63, 3.8) is 0 Å². The van der Waals surface area contributed by atoms with Crippen molar-refractivity contribution >= 4 is 51.1 Å². The van der Waals surface area contributed by atoms with Crippen LogP contribution in [0.15, 0.2) is 36.8 Å². The summed E-state index contributed by atoms with van der Waals surface area (Å²) in [5.41, 5.74) is 12.4. The van der Waals surface area contributed by atoms with E-state index in [0.717, 1.165) is 10.9 Å². The number of halogens is 4. The van der Waals surface area contributed by atoms with Gasteiger partial charge in [0.15, 0.2) is 6.23 Å². The van der Waals surface area contributed by atoms with Crippen LogP contribution in [-0.2, 0) is 9.53 Å². The summed E-state index contributed by atoms with van der Waals surface area (Å²) in [6, 6.07) is 7.16. The van der Waals surface area contributed by atoms with E-state index in [-0.39, 0.29) is 5.82 Å². The molecule has 41 heavy (non-hydrogen) atoms. The number of nitrogens with zero attached hydrogens (tertiary/aromatic N) is 4. The Bertz CT molecular complexity index is 1650. The van der Waals surface area contributed by atoms with Crippen LogP contribution >= 0.6 is 11.6 Å². The maximum absolute atomic E-state index is 11.4. The maximum atomic E-state index is 11.4. The molecule has 6 rings (SSSR count). The number of anilines is 2. The van der Waals surface area contributed by atoms with Crippen molar-refractivity contribution in [1.82, 2.24) is 19.5 Å². The van der Waals surface area contributed by atoms with E-state index in [0.29, 0.717) is 46.0 Å². The Morgan fingerprint density at radius 2 is 1.95 bits per heavy atom. The number of alkyl halides is 3. The summed E-state index contributed by atoms with van der Waals surface area (Å²) in [7, 11) is 0. The molecule has 7 N–H and O–H groups in total. The van der Waals surface area contributed by atoms with Crippen LogP contribution < -0.4 is 16.2 Å². The molecule has 4 heterocycles. The predicted octanol–water partition coefficient (Wildman–Crippen LogP) is 2.97. The van der Waals surface area contributed by atoms with Gasteiger partial charge in [0.2, 0.25) is 0 Å². The van der Waals surface area contributed by atoms with Gasteiger partial charge in [-0.1, -0.05) is 11.6 Å². The van der Waals surface area contributed by atoms with E-state index in [2.05, 4.69) is 15.0 Å². The summed E-state index contributed by atoms with van der Waals surface area (Å²) in [6.07, 6.45) is -4.34. The molecule has 16 heteroatoms. The molecule has 5 atom stereocenters. The summed E-state index contributed by atoms with van der Waals surface area (Å²) in [6.45, 7) is 1.88. The van der Waals surface area contributed by atoms with Crippen molar-refractivity contribution in [1.29, 1.82) is 0 Å². The molecule has 0 radical (unpaired) electrons. The molecule has 0 unspecified atom stereocenters. The molecule has 3 aromatic heterocycles. The van der Waals surface area contributed by atoms with Gasteiger partial charge in [0.25, 0.3) is 0 Å². The van der Waals surface area contributed by atoms with Crippen LogP contribution in [0.25, 0.3) is 21.9 Å². The lowest BCUT2D eigenvalue weighted by molar-refractivity contribution is -0.192. The summed E-state index contributed by atoms with van der Waals surface area (Å²) < 4.78 is 45.9. The number of ether oxygens (including phenoxy) is 2. The number of rotatable bonds is 3. The fourth-order valence-corrected chi connectivity index (χ4v) is 5.36. The van der Waals surface area contributed by atoms with Gasteiger partial charge in [0, 0.05) is 17.6 Å². The Morgan fingerprint density at radius 3 is 2.63 bits per heavy atom. The first-order valence-electron chi connectivity index (χ1n) is 12.2. The molecule has 1 saturated carbocycles. The summed E-state index contributed by atoms with van der Waals surface area (Å²) in [4.78, 5) is 21.6. The van der Waals surface area contributed by atoms with Gasteiger partial charge in [0.1, 0.15) is 53.3 Å². The summed E-state index contributed by atoms with van der Waals surface area (Å²) in [5.74, 6) is -1.61. The van der Waals surface area contributed by atoms with Crippen LogP contribution in [0, 0.1) is 6.92 Å². The average molecular weight is 597 g/mol. The van der Waals surface area contributed by atoms with Crippen LogP contribution in [0.4, 0.5) is 24.8 Å². The van der Waals surface area contributed by atoms with E-state index in [1.807, 2.05) is 13.0 Å². The van der Waals surface area contributed by atoms with Gasteiger partial charge in [-0.15, -0.1) is 0 Å². The van der Waals surface area contributed by atoms with Crippen molar-refractivity contribution in [2.45, 2.75) is 56.1 Å². The molecule has 2 fully saturated rings. The monoisotopic (exact) mass is 596 g/mol. The number of carboxylic acid groups (broad SMARTS) is 1. The van der Waals surface area contributed by atoms with E-state index in [4.69, 9.17) is 42.4 Å². The number of nitrogens with two attached hydrogens (primary N) is 2. The van der Waals surface area contributed by atoms with Gasteiger partial charge >= 0.3 is 12.1 Å². The van der Waals surface area contributed by atoms with Crippen molar-refractivity contribution in [2.24, 2.45) is 0 Å². The van der Waals surface area contributed by atoms with Crippen LogP contribution in [-0.4, -0.2) is 70.9 Å². The molecule has 12 nitrogen and oxygen atoms in total. The number of carbonyl (C=O) groups is 1. The lowest BCUT2D eigenvalue weighted by Crippen LogP contribution is -2.47. The second kappa shape index (κ2) is 10.2. The molecule has 1 saturated heterocycles. The van der Waals surface area contributed by atoms with Gasteiger partial charge in [-0.3, -0.25) is 0 Å². The average Bonchev–Trinajstić information content (AvgIpc) is 3.49. The van der Waals surface area contributed by atoms with Gasteiger partial charge in [-0.2, -0.15) is 13.2 Å². The van der Waals surface area contributed by atoms with Crippen LogP contribution in [0.5, 0.6) is 5.75 Å². The smallest absolute Gasteiger partial charge is 0.488 e. The normalized spacial score (nSPS) is 25.6. The number of hydrogen-bond donors (Lipinski definition) is 5. The lowest BCUT2D eigenvalue weighted by atomic mass is 9.94. The van der Waals surface area contributed by atoms with Crippen LogP contribution in [0.1, 0.15) is 24.6 Å². The molecule has 0 spiro atoms. The van der Waals surface area contributed by atoms with Crippen LogP contribution in [0.3, 0.4) is 0 Å². The number of aromatic nitrogens is 4. The fraction of sp³-hybridized carbons (Fsp3) is 0.360. The van der Waals surface area contributed by atoms with Crippen molar-refractivity contribution < 1.29 is 42.8 Å². The van der Waals surface area contributed by atoms with E-state index in [9.17, 15) is 23.4 Å². The number of hydrogen-bond acceptors (Lipinski definition) is 10. The first-order chi connectivity index (χ1) is 19.2. The summed E-state index contributed by atoms with van der Waals surface area (Å²) >= 11 is 6.06. The molecule has 1 aromatic carbocycles. The molecular weight excluding hydrogens is 573 g/mol. The number of carboxylic acids is 1.